The van der Waals surface area contributed by atoms with Crippen molar-refractivity contribution in [2.75, 3.05) is 0 Å². The standard InChI is InChI=1S/C16H13FO3/c1-16(19)14(10-6-3-2-4-7-10)13(15(18)20-16)11-8-5-9-12(11)17/h2-9,11,19H,1H3. The lowest BCUT2D eigenvalue weighted by atomic mass is 9.89. The minimum Gasteiger partial charge on any atom is -0.426 e. The molecule has 0 spiro atoms. The van der Waals surface area contributed by atoms with Crippen LogP contribution in [0.25, 0.3) is 5.57 Å². The summed E-state index contributed by atoms with van der Waals surface area (Å²) in [5.41, 5.74) is 1.12. The number of benzene rings is 1. The molecule has 1 N–H and O–H groups in total. The third kappa shape index (κ3) is 1.89. The third-order valence-corrected chi connectivity index (χ3v) is 3.47. The first-order valence-corrected chi connectivity index (χ1v) is 6.30. The molecule has 2 aliphatic rings. The number of aliphatic hydroxyl groups is 1. The summed E-state index contributed by atoms with van der Waals surface area (Å²) in [5.74, 6) is -3.64. The number of carbonyl (C=O) groups excluding carboxylic acids is 1. The van der Waals surface area contributed by atoms with Gasteiger partial charge in [0.2, 0.25) is 5.79 Å². The second-order valence-electron chi connectivity index (χ2n) is 4.94. The van der Waals surface area contributed by atoms with Gasteiger partial charge in [0.1, 0.15) is 5.83 Å². The van der Waals surface area contributed by atoms with Gasteiger partial charge in [0, 0.05) is 12.5 Å². The Morgan fingerprint density at radius 3 is 2.60 bits per heavy atom. The molecule has 1 aromatic carbocycles. The molecule has 2 unspecified atom stereocenters. The second kappa shape index (κ2) is 4.42. The average molecular weight is 272 g/mol. The Balaban J connectivity index is 2.21. The van der Waals surface area contributed by atoms with E-state index in [4.69, 9.17) is 4.74 Å². The zero-order valence-corrected chi connectivity index (χ0v) is 10.8. The van der Waals surface area contributed by atoms with Crippen molar-refractivity contribution in [3.63, 3.8) is 0 Å². The largest absolute Gasteiger partial charge is 0.426 e. The van der Waals surface area contributed by atoms with E-state index < -0.39 is 23.5 Å². The molecule has 1 aromatic rings. The van der Waals surface area contributed by atoms with Gasteiger partial charge < -0.3 is 9.84 Å². The topological polar surface area (TPSA) is 46.5 Å². The molecule has 2 atom stereocenters. The zero-order valence-electron chi connectivity index (χ0n) is 10.8. The maximum atomic E-state index is 13.8. The van der Waals surface area contributed by atoms with Crippen LogP contribution in [0.5, 0.6) is 0 Å². The van der Waals surface area contributed by atoms with Crippen LogP contribution in [0.3, 0.4) is 0 Å². The normalized spacial score (nSPS) is 28.9. The highest BCUT2D eigenvalue weighted by Gasteiger charge is 2.46. The molecular weight excluding hydrogens is 259 g/mol. The summed E-state index contributed by atoms with van der Waals surface area (Å²) in [5, 5.41) is 10.3. The smallest absolute Gasteiger partial charge is 0.338 e. The van der Waals surface area contributed by atoms with Crippen molar-refractivity contribution >= 4 is 11.5 Å². The fraction of sp³-hybridized carbons (Fsp3) is 0.188. The van der Waals surface area contributed by atoms with E-state index in [0.717, 1.165) is 0 Å². The molecule has 1 heterocycles. The van der Waals surface area contributed by atoms with E-state index >= 15 is 0 Å². The van der Waals surface area contributed by atoms with Crippen LogP contribution in [-0.4, -0.2) is 16.9 Å². The van der Waals surface area contributed by atoms with Gasteiger partial charge in [-0.15, -0.1) is 0 Å². The first-order chi connectivity index (χ1) is 9.50. The number of ether oxygens (including phenoxy) is 1. The highest BCUT2D eigenvalue weighted by atomic mass is 19.1. The van der Waals surface area contributed by atoms with Crippen LogP contribution in [0.2, 0.25) is 0 Å². The Labute approximate surface area is 115 Å². The van der Waals surface area contributed by atoms with E-state index in [2.05, 4.69) is 0 Å². The Bertz CT molecular complexity index is 654. The molecule has 3 rings (SSSR count). The zero-order chi connectivity index (χ0) is 14.3. The molecule has 1 aliphatic heterocycles. The molecule has 102 valence electrons. The Kier molecular flexibility index (Phi) is 2.83. The van der Waals surface area contributed by atoms with Crippen molar-refractivity contribution in [1.82, 2.24) is 0 Å². The number of halogens is 1. The van der Waals surface area contributed by atoms with E-state index in [1.807, 2.05) is 6.07 Å². The Morgan fingerprint density at radius 2 is 2.00 bits per heavy atom. The molecule has 0 fully saturated rings. The van der Waals surface area contributed by atoms with E-state index in [0.29, 0.717) is 11.1 Å². The quantitative estimate of drug-likeness (QED) is 0.842. The van der Waals surface area contributed by atoms with Crippen molar-refractivity contribution in [1.29, 1.82) is 0 Å². The summed E-state index contributed by atoms with van der Waals surface area (Å²) in [6.07, 6.45) is 4.44. The van der Waals surface area contributed by atoms with Gasteiger partial charge in [-0.05, 0) is 11.6 Å². The van der Waals surface area contributed by atoms with Crippen molar-refractivity contribution in [3.8, 4) is 0 Å². The molecular formula is C16H13FO3. The minimum atomic E-state index is -1.75. The summed E-state index contributed by atoms with van der Waals surface area (Å²) in [4.78, 5) is 12.0. The predicted molar refractivity (Wildman–Crippen MR) is 71.9 cm³/mol. The van der Waals surface area contributed by atoms with Crippen molar-refractivity contribution in [2.45, 2.75) is 12.7 Å². The summed E-state index contributed by atoms with van der Waals surface area (Å²) in [6, 6.07) is 8.91. The highest BCUT2D eigenvalue weighted by molar-refractivity contribution is 6.05. The predicted octanol–water partition coefficient (Wildman–Crippen LogP) is 2.74. The summed E-state index contributed by atoms with van der Waals surface area (Å²) < 4.78 is 18.8. The van der Waals surface area contributed by atoms with Crippen LogP contribution < -0.4 is 0 Å². The number of hydrogen-bond donors (Lipinski definition) is 1. The van der Waals surface area contributed by atoms with Crippen molar-refractivity contribution in [2.24, 2.45) is 5.92 Å². The number of rotatable bonds is 2. The average Bonchev–Trinajstić information content (AvgIpc) is 2.90. The number of cyclic esters (lactones) is 1. The van der Waals surface area contributed by atoms with E-state index in [1.165, 1.54) is 13.0 Å². The molecule has 0 amide bonds. The molecule has 0 bridgehead atoms. The molecule has 0 saturated carbocycles. The fourth-order valence-electron chi connectivity index (χ4n) is 2.64. The molecule has 0 saturated heterocycles. The van der Waals surface area contributed by atoms with Gasteiger partial charge in [0.25, 0.3) is 0 Å². The highest BCUT2D eigenvalue weighted by Crippen LogP contribution is 2.44. The molecule has 20 heavy (non-hydrogen) atoms. The lowest BCUT2D eigenvalue weighted by Crippen LogP contribution is -2.26. The SMILES string of the molecule is CC1(O)OC(=O)C(C2C=CC=C2F)=C1c1ccccc1. The maximum Gasteiger partial charge on any atom is 0.338 e. The molecule has 3 nitrogen and oxygen atoms in total. The molecule has 0 radical (unpaired) electrons. The first-order valence-electron chi connectivity index (χ1n) is 6.30. The number of allylic oxidation sites excluding steroid dienone is 4. The lowest BCUT2D eigenvalue weighted by Gasteiger charge is -2.20. The Hall–Kier alpha value is -2.20. The first kappa shape index (κ1) is 12.8. The summed E-state index contributed by atoms with van der Waals surface area (Å²) >= 11 is 0. The van der Waals surface area contributed by atoms with Gasteiger partial charge in [0.05, 0.1) is 11.5 Å². The number of esters is 1. The van der Waals surface area contributed by atoms with Crippen LogP contribution in [0.15, 0.2) is 60.0 Å². The Morgan fingerprint density at radius 1 is 1.30 bits per heavy atom. The molecule has 0 aromatic heterocycles. The van der Waals surface area contributed by atoms with Crippen molar-refractivity contribution < 1.29 is 19.0 Å². The fourth-order valence-corrected chi connectivity index (χ4v) is 2.64. The van der Waals surface area contributed by atoms with Crippen LogP contribution in [0.4, 0.5) is 4.39 Å². The lowest BCUT2D eigenvalue weighted by molar-refractivity contribution is -0.170. The molecule has 4 heteroatoms. The van der Waals surface area contributed by atoms with Crippen LogP contribution in [0, 0.1) is 5.92 Å². The van der Waals surface area contributed by atoms with Gasteiger partial charge in [-0.3, -0.25) is 0 Å². The maximum absolute atomic E-state index is 13.8. The van der Waals surface area contributed by atoms with Crippen LogP contribution >= 0.6 is 0 Å². The van der Waals surface area contributed by atoms with Gasteiger partial charge >= 0.3 is 5.97 Å². The van der Waals surface area contributed by atoms with Gasteiger partial charge in [-0.1, -0.05) is 42.5 Å². The molecule has 1 aliphatic carbocycles. The van der Waals surface area contributed by atoms with Crippen LogP contribution in [-0.2, 0) is 9.53 Å². The van der Waals surface area contributed by atoms with Crippen molar-refractivity contribution in [3.05, 3.63) is 65.5 Å². The van der Waals surface area contributed by atoms with E-state index in [1.54, 1.807) is 36.4 Å². The number of hydrogen-bond acceptors (Lipinski definition) is 3. The monoisotopic (exact) mass is 272 g/mol. The number of carbonyl (C=O) groups is 1. The minimum absolute atomic E-state index is 0.156. The van der Waals surface area contributed by atoms with Gasteiger partial charge in [-0.2, -0.15) is 0 Å². The summed E-state index contributed by atoms with van der Waals surface area (Å²) in [6.45, 7) is 1.39. The van der Waals surface area contributed by atoms with Gasteiger partial charge in [0.15, 0.2) is 0 Å². The van der Waals surface area contributed by atoms with Crippen LogP contribution in [0.1, 0.15) is 12.5 Å². The summed E-state index contributed by atoms with van der Waals surface area (Å²) in [7, 11) is 0. The van der Waals surface area contributed by atoms with E-state index in [-0.39, 0.29) is 5.57 Å². The van der Waals surface area contributed by atoms with E-state index in [9.17, 15) is 14.3 Å². The third-order valence-electron chi connectivity index (χ3n) is 3.47. The van der Waals surface area contributed by atoms with Gasteiger partial charge in [-0.25, -0.2) is 9.18 Å². The second-order valence-corrected chi connectivity index (χ2v) is 4.94.